The number of rotatable bonds is 4. The molecule has 0 heterocycles. The van der Waals surface area contributed by atoms with Gasteiger partial charge < -0.3 is 4.74 Å². The molecule has 0 spiro atoms. The molecule has 0 aliphatic rings. The van der Waals surface area contributed by atoms with Crippen LogP contribution in [-0.4, -0.2) is 15.5 Å². The van der Waals surface area contributed by atoms with Crippen molar-refractivity contribution in [2.45, 2.75) is 4.90 Å². The number of nitriles is 1. The van der Waals surface area contributed by atoms with Crippen molar-refractivity contribution in [1.82, 2.24) is 0 Å². The van der Waals surface area contributed by atoms with Crippen LogP contribution in [0, 0.1) is 17.1 Å². The topological polar surface area (TPSA) is 67.2 Å². The third-order valence-corrected chi connectivity index (χ3v) is 6.21. The van der Waals surface area contributed by atoms with Gasteiger partial charge >= 0.3 is 0 Å². The first kappa shape index (κ1) is 18.6. The molecule has 2 rings (SSSR count). The van der Waals surface area contributed by atoms with Gasteiger partial charge in [-0.15, -0.1) is 0 Å². The number of hydrogen-bond donors (Lipinski definition) is 0. The maximum atomic E-state index is 13.7. The highest BCUT2D eigenvalue weighted by molar-refractivity contribution is 9.11. The summed E-state index contributed by atoms with van der Waals surface area (Å²) in [4.78, 5) is -0.551. The molecule has 0 N–H and O–H groups in total. The van der Waals surface area contributed by atoms with Crippen molar-refractivity contribution < 1.29 is 17.5 Å². The average molecular weight is 475 g/mol. The van der Waals surface area contributed by atoms with Crippen molar-refractivity contribution in [3.8, 4) is 11.8 Å². The van der Waals surface area contributed by atoms with Gasteiger partial charge in [0, 0.05) is 8.95 Å². The summed E-state index contributed by atoms with van der Waals surface area (Å²) in [5, 5.41) is 9.27. The van der Waals surface area contributed by atoms with E-state index in [1.54, 1.807) is 18.2 Å². The van der Waals surface area contributed by atoms with Crippen LogP contribution in [0.3, 0.4) is 0 Å². The summed E-state index contributed by atoms with van der Waals surface area (Å²) in [6.45, 7) is 0. The summed E-state index contributed by atoms with van der Waals surface area (Å²) in [5.74, 6) is -0.618. The lowest BCUT2D eigenvalue weighted by Gasteiger charge is -2.07. The standard InChI is InChI=1S/C16H10Br2FNO3S/c1-23-15-5-2-10(7-14(15)19)6-12(9-20)24(21,22)16-8-11(17)3-4-13(16)18/h2-8H,1H3/b12-6+. The zero-order valence-electron chi connectivity index (χ0n) is 12.3. The van der Waals surface area contributed by atoms with E-state index in [2.05, 4.69) is 31.9 Å². The quantitative estimate of drug-likeness (QED) is 0.602. The van der Waals surface area contributed by atoms with Gasteiger partial charge in [0.25, 0.3) is 0 Å². The molecule has 0 bridgehead atoms. The van der Waals surface area contributed by atoms with Crippen molar-refractivity contribution in [2.24, 2.45) is 0 Å². The summed E-state index contributed by atoms with van der Waals surface area (Å²) in [6.07, 6.45) is 1.12. The monoisotopic (exact) mass is 473 g/mol. The SMILES string of the molecule is COc1ccc(/C=C(\C#N)S(=O)(=O)c2cc(Br)ccc2Br)cc1F. The number of hydrogen-bond acceptors (Lipinski definition) is 4. The lowest BCUT2D eigenvalue weighted by molar-refractivity contribution is 0.386. The number of sulfone groups is 1. The minimum Gasteiger partial charge on any atom is -0.494 e. The number of benzene rings is 2. The van der Waals surface area contributed by atoms with Crippen molar-refractivity contribution in [3.63, 3.8) is 0 Å². The molecule has 2 aromatic carbocycles. The molecule has 4 nitrogen and oxygen atoms in total. The Kier molecular flexibility index (Phi) is 5.80. The number of methoxy groups -OCH3 is 1. The van der Waals surface area contributed by atoms with Gasteiger partial charge in [-0.1, -0.05) is 22.0 Å². The Hall–Kier alpha value is -1.69. The van der Waals surface area contributed by atoms with Crippen molar-refractivity contribution in [2.75, 3.05) is 7.11 Å². The van der Waals surface area contributed by atoms with Crippen LogP contribution < -0.4 is 4.74 Å². The molecule has 24 heavy (non-hydrogen) atoms. The number of nitrogens with zero attached hydrogens (tertiary/aromatic N) is 1. The molecule has 8 heteroatoms. The van der Waals surface area contributed by atoms with Gasteiger partial charge in [0.2, 0.25) is 9.84 Å². The molecule has 0 unspecified atom stereocenters. The largest absolute Gasteiger partial charge is 0.494 e. The van der Waals surface area contributed by atoms with Gasteiger partial charge in [-0.25, -0.2) is 12.8 Å². The lowest BCUT2D eigenvalue weighted by Crippen LogP contribution is -2.04. The van der Waals surface area contributed by atoms with Crippen LogP contribution in [0.1, 0.15) is 5.56 Å². The van der Waals surface area contributed by atoms with Gasteiger partial charge in [0.15, 0.2) is 11.6 Å². The fraction of sp³-hybridized carbons (Fsp3) is 0.0625. The normalized spacial score (nSPS) is 11.9. The second kappa shape index (κ2) is 7.47. The van der Waals surface area contributed by atoms with Gasteiger partial charge in [-0.05, 0) is 57.9 Å². The van der Waals surface area contributed by atoms with Crippen LogP contribution in [-0.2, 0) is 9.84 Å². The van der Waals surface area contributed by atoms with E-state index < -0.39 is 20.6 Å². The van der Waals surface area contributed by atoms with Crippen molar-refractivity contribution in [3.05, 3.63) is 61.6 Å². The molecular weight excluding hydrogens is 465 g/mol. The summed E-state index contributed by atoms with van der Waals surface area (Å²) in [6, 6.07) is 10.2. The van der Waals surface area contributed by atoms with Crippen LogP contribution >= 0.6 is 31.9 Å². The Labute approximate surface area is 155 Å². The molecule has 2 aromatic rings. The number of ether oxygens (including phenoxy) is 1. The molecule has 0 aliphatic carbocycles. The van der Waals surface area contributed by atoms with Gasteiger partial charge in [0.1, 0.15) is 11.0 Å². The second-order valence-corrected chi connectivity index (χ2v) is 8.25. The van der Waals surface area contributed by atoms with Gasteiger partial charge in [-0.3, -0.25) is 0 Å². The van der Waals surface area contributed by atoms with E-state index in [4.69, 9.17) is 4.74 Å². The Bertz CT molecular complexity index is 966. The minimum absolute atomic E-state index is 0.0308. The van der Waals surface area contributed by atoms with E-state index in [-0.39, 0.29) is 16.2 Å². The summed E-state index contributed by atoms with van der Waals surface area (Å²) in [7, 11) is -2.74. The number of halogens is 3. The summed E-state index contributed by atoms with van der Waals surface area (Å²) in [5.41, 5.74) is 0.236. The Morgan fingerprint density at radius 3 is 2.54 bits per heavy atom. The van der Waals surface area contributed by atoms with Crippen LogP contribution in [0.25, 0.3) is 6.08 Å². The summed E-state index contributed by atoms with van der Waals surface area (Å²) >= 11 is 6.37. The first-order chi connectivity index (χ1) is 11.3. The Balaban J connectivity index is 2.56. The third kappa shape index (κ3) is 3.86. The van der Waals surface area contributed by atoms with Crippen LogP contribution in [0.4, 0.5) is 4.39 Å². The van der Waals surface area contributed by atoms with Gasteiger partial charge in [-0.2, -0.15) is 5.26 Å². The highest BCUT2D eigenvalue weighted by Crippen LogP contribution is 2.31. The molecule has 124 valence electrons. The molecule has 0 radical (unpaired) electrons. The molecule has 0 atom stereocenters. The maximum absolute atomic E-state index is 13.7. The van der Waals surface area contributed by atoms with Crippen LogP contribution in [0.15, 0.2) is 55.1 Å². The predicted molar refractivity (Wildman–Crippen MR) is 95.6 cm³/mol. The van der Waals surface area contributed by atoms with Crippen molar-refractivity contribution in [1.29, 1.82) is 5.26 Å². The molecular formula is C16H10Br2FNO3S. The molecule has 0 aliphatic heterocycles. The highest BCUT2D eigenvalue weighted by Gasteiger charge is 2.24. The van der Waals surface area contributed by atoms with E-state index in [9.17, 15) is 18.1 Å². The Morgan fingerprint density at radius 2 is 1.96 bits per heavy atom. The molecule has 0 amide bonds. The first-order valence-corrected chi connectivity index (χ1v) is 9.52. The molecule has 0 saturated heterocycles. The van der Waals surface area contributed by atoms with E-state index in [1.807, 2.05) is 0 Å². The average Bonchev–Trinajstić information content (AvgIpc) is 2.54. The minimum atomic E-state index is -4.06. The fourth-order valence-electron chi connectivity index (χ4n) is 1.90. The van der Waals surface area contributed by atoms with E-state index in [0.29, 0.717) is 8.95 Å². The molecule has 0 aromatic heterocycles. The van der Waals surface area contributed by atoms with Crippen molar-refractivity contribution >= 4 is 47.8 Å². The second-order valence-electron chi connectivity index (χ2n) is 4.59. The third-order valence-electron chi connectivity index (χ3n) is 3.06. The first-order valence-electron chi connectivity index (χ1n) is 6.45. The number of allylic oxidation sites excluding steroid dienone is 1. The maximum Gasteiger partial charge on any atom is 0.217 e. The van der Waals surface area contributed by atoms with Crippen LogP contribution in [0.2, 0.25) is 0 Å². The van der Waals surface area contributed by atoms with E-state index >= 15 is 0 Å². The zero-order valence-corrected chi connectivity index (χ0v) is 16.2. The lowest BCUT2D eigenvalue weighted by atomic mass is 10.2. The Morgan fingerprint density at radius 1 is 1.25 bits per heavy atom. The summed E-state index contributed by atoms with van der Waals surface area (Å²) < 4.78 is 44.8. The fourth-order valence-corrected chi connectivity index (χ4v) is 4.55. The van der Waals surface area contributed by atoms with Crippen LogP contribution in [0.5, 0.6) is 5.75 Å². The predicted octanol–water partition coefficient (Wildman–Crippen LogP) is 4.70. The molecule has 0 fully saturated rings. The van der Waals surface area contributed by atoms with E-state index in [1.165, 1.54) is 25.3 Å². The smallest absolute Gasteiger partial charge is 0.217 e. The zero-order chi connectivity index (χ0) is 17.9. The van der Waals surface area contributed by atoms with Gasteiger partial charge in [0.05, 0.1) is 12.0 Å². The molecule has 0 saturated carbocycles. The van der Waals surface area contributed by atoms with E-state index in [0.717, 1.165) is 12.1 Å². The highest BCUT2D eigenvalue weighted by atomic mass is 79.9.